The Hall–Kier alpha value is -3.15. The summed E-state index contributed by atoms with van der Waals surface area (Å²) in [7, 11) is 1.60. The molecule has 0 fully saturated rings. The van der Waals surface area contributed by atoms with Crippen molar-refractivity contribution in [2.75, 3.05) is 7.11 Å². The van der Waals surface area contributed by atoms with Crippen LogP contribution in [-0.2, 0) is 6.42 Å². The first-order chi connectivity index (χ1) is 12.0. The molecule has 6 heteroatoms. The summed E-state index contributed by atoms with van der Waals surface area (Å²) in [5, 5.41) is 18.3. The average molecular weight is 337 g/mol. The van der Waals surface area contributed by atoms with Crippen molar-refractivity contribution in [1.29, 1.82) is 0 Å². The number of nitro groups is 1. The molecule has 0 saturated heterocycles. The summed E-state index contributed by atoms with van der Waals surface area (Å²) in [5.41, 5.74) is 5.93. The van der Waals surface area contributed by atoms with Crippen LogP contribution >= 0.6 is 0 Å². The standard InChI is InChI=1S/C19H19N3O3/c1-12-17(13(2)21-20-12)9-14-7-8-19(25-3)18(10-14)15-5-4-6-16(11-15)22(23)24/h4-8,10-11H,9H2,1-3H3,(H,20,21). The predicted octanol–water partition coefficient (Wildman–Crippen LogP) is 4.20. The fourth-order valence-corrected chi connectivity index (χ4v) is 2.92. The van der Waals surface area contributed by atoms with Gasteiger partial charge in [0.25, 0.3) is 5.69 Å². The van der Waals surface area contributed by atoms with Gasteiger partial charge in [0.15, 0.2) is 0 Å². The van der Waals surface area contributed by atoms with E-state index in [2.05, 4.69) is 10.2 Å². The van der Waals surface area contributed by atoms with E-state index in [1.165, 1.54) is 6.07 Å². The van der Waals surface area contributed by atoms with Gasteiger partial charge in [-0.25, -0.2) is 0 Å². The lowest BCUT2D eigenvalue weighted by atomic mass is 9.97. The maximum atomic E-state index is 11.1. The lowest BCUT2D eigenvalue weighted by molar-refractivity contribution is -0.384. The van der Waals surface area contributed by atoms with Gasteiger partial charge in [0.2, 0.25) is 0 Å². The van der Waals surface area contributed by atoms with E-state index in [1.54, 1.807) is 19.2 Å². The lowest BCUT2D eigenvalue weighted by Crippen LogP contribution is -1.95. The molecule has 2 aromatic carbocycles. The number of H-pyrrole nitrogens is 1. The van der Waals surface area contributed by atoms with E-state index in [4.69, 9.17) is 4.74 Å². The molecule has 0 aliphatic rings. The highest BCUT2D eigenvalue weighted by Gasteiger charge is 2.13. The summed E-state index contributed by atoms with van der Waals surface area (Å²) in [6.45, 7) is 3.98. The fourth-order valence-electron chi connectivity index (χ4n) is 2.92. The normalized spacial score (nSPS) is 10.7. The Morgan fingerprint density at radius 2 is 2.00 bits per heavy atom. The summed E-state index contributed by atoms with van der Waals surface area (Å²) in [4.78, 5) is 10.7. The second kappa shape index (κ2) is 6.76. The molecule has 0 unspecified atom stereocenters. The molecule has 3 rings (SSSR count). The molecule has 0 aliphatic heterocycles. The Balaban J connectivity index is 2.04. The molecule has 0 bridgehead atoms. The third-order valence-corrected chi connectivity index (χ3v) is 4.29. The molecule has 0 aliphatic carbocycles. The van der Waals surface area contributed by atoms with E-state index in [9.17, 15) is 10.1 Å². The van der Waals surface area contributed by atoms with Crippen LogP contribution in [-0.4, -0.2) is 22.2 Å². The molecule has 1 heterocycles. The van der Waals surface area contributed by atoms with Crippen LogP contribution in [0.1, 0.15) is 22.5 Å². The molecule has 6 nitrogen and oxygen atoms in total. The molecule has 0 spiro atoms. The van der Waals surface area contributed by atoms with Crippen molar-refractivity contribution < 1.29 is 9.66 Å². The van der Waals surface area contributed by atoms with Gasteiger partial charge in [-0.3, -0.25) is 15.2 Å². The van der Waals surface area contributed by atoms with Gasteiger partial charge in [0, 0.05) is 35.4 Å². The number of hydrogen-bond donors (Lipinski definition) is 1. The molecule has 0 amide bonds. The number of benzene rings is 2. The number of rotatable bonds is 5. The number of non-ortho nitro benzene ring substituents is 1. The quantitative estimate of drug-likeness (QED) is 0.559. The highest BCUT2D eigenvalue weighted by atomic mass is 16.6. The zero-order chi connectivity index (χ0) is 18.0. The van der Waals surface area contributed by atoms with Gasteiger partial charge in [0.05, 0.1) is 17.7 Å². The summed E-state index contributed by atoms with van der Waals surface area (Å²) in [6.07, 6.45) is 0.736. The van der Waals surface area contributed by atoms with Crippen LogP contribution in [0.4, 0.5) is 5.69 Å². The summed E-state index contributed by atoms with van der Waals surface area (Å²) in [6, 6.07) is 12.5. The van der Waals surface area contributed by atoms with Crippen LogP contribution in [0.15, 0.2) is 42.5 Å². The topological polar surface area (TPSA) is 81.0 Å². The first-order valence-electron chi connectivity index (χ1n) is 7.91. The predicted molar refractivity (Wildman–Crippen MR) is 96.0 cm³/mol. The number of nitro benzene ring substituents is 1. The van der Waals surface area contributed by atoms with Crippen LogP contribution in [0, 0.1) is 24.0 Å². The number of aromatic amines is 1. The zero-order valence-corrected chi connectivity index (χ0v) is 14.4. The molecule has 25 heavy (non-hydrogen) atoms. The smallest absolute Gasteiger partial charge is 0.270 e. The lowest BCUT2D eigenvalue weighted by Gasteiger charge is -2.11. The van der Waals surface area contributed by atoms with E-state index in [0.29, 0.717) is 5.75 Å². The second-order valence-electron chi connectivity index (χ2n) is 5.93. The van der Waals surface area contributed by atoms with Gasteiger partial charge in [-0.1, -0.05) is 18.2 Å². The molecule has 3 aromatic rings. The van der Waals surface area contributed by atoms with Gasteiger partial charge in [0.1, 0.15) is 5.75 Å². The average Bonchev–Trinajstić information content (AvgIpc) is 2.93. The third-order valence-electron chi connectivity index (χ3n) is 4.29. The monoisotopic (exact) mass is 337 g/mol. The van der Waals surface area contributed by atoms with Gasteiger partial charge < -0.3 is 4.74 Å². The summed E-state index contributed by atoms with van der Waals surface area (Å²) in [5.74, 6) is 0.685. The van der Waals surface area contributed by atoms with E-state index in [-0.39, 0.29) is 5.69 Å². The van der Waals surface area contributed by atoms with Crippen molar-refractivity contribution in [3.8, 4) is 16.9 Å². The van der Waals surface area contributed by atoms with Crippen LogP contribution in [0.3, 0.4) is 0 Å². The van der Waals surface area contributed by atoms with Crippen molar-refractivity contribution in [3.05, 3.63) is 75.1 Å². The van der Waals surface area contributed by atoms with Crippen LogP contribution in [0.25, 0.3) is 11.1 Å². The van der Waals surface area contributed by atoms with Crippen molar-refractivity contribution in [2.45, 2.75) is 20.3 Å². The SMILES string of the molecule is COc1ccc(Cc2c(C)n[nH]c2C)cc1-c1cccc([N+](=O)[O-])c1. The van der Waals surface area contributed by atoms with Crippen molar-refractivity contribution >= 4 is 5.69 Å². The number of aromatic nitrogens is 2. The Morgan fingerprint density at radius 3 is 2.64 bits per heavy atom. The Bertz CT molecular complexity index is 912. The Morgan fingerprint density at radius 1 is 1.20 bits per heavy atom. The number of hydrogen-bond acceptors (Lipinski definition) is 4. The molecule has 0 atom stereocenters. The highest BCUT2D eigenvalue weighted by molar-refractivity contribution is 5.73. The van der Waals surface area contributed by atoms with Gasteiger partial charge in [-0.15, -0.1) is 0 Å². The van der Waals surface area contributed by atoms with Crippen molar-refractivity contribution in [2.24, 2.45) is 0 Å². The van der Waals surface area contributed by atoms with E-state index < -0.39 is 4.92 Å². The Kier molecular flexibility index (Phi) is 4.52. The first-order valence-corrected chi connectivity index (χ1v) is 7.91. The molecular formula is C19H19N3O3. The summed E-state index contributed by atoms with van der Waals surface area (Å²) >= 11 is 0. The zero-order valence-electron chi connectivity index (χ0n) is 14.4. The van der Waals surface area contributed by atoms with Gasteiger partial charge in [-0.2, -0.15) is 5.10 Å². The van der Waals surface area contributed by atoms with E-state index in [1.807, 2.05) is 38.1 Å². The van der Waals surface area contributed by atoms with Crippen molar-refractivity contribution in [3.63, 3.8) is 0 Å². The molecular weight excluding hydrogens is 318 g/mol. The minimum atomic E-state index is -0.391. The van der Waals surface area contributed by atoms with E-state index >= 15 is 0 Å². The molecule has 128 valence electrons. The van der Waals surface area contributed by atoms with Crippen molar-refractivity contribution in [1.82, 2.24) is 10.2 Å². The number of ether oxygens (including phenoxy) is 1. The van der Waals surface area contributed by atoms with Gasteiger partial charge >= 0.3 is 0 Å². The minimum Gasteiger partial charge on any atom is -0.496 e. The minimum absolute atomic E-state index is 0.0616. The number of aryl methyl sites for hydroxylation is 2. The molecule has 0 radical (unpaired) electrons. The number of nitrogens with zero attached hydrogens (tertiary/aromatic N) is 2. The Labute approximate surface area is 145 Å². The van der Waals surface area contributed by atoms with Crippen LogP contribution < -0.4 is 4.74 Å². The largest absolute Gasteiger partial charge is 0.496 e. The summed E-state index contributed by atoms with van der Waals surface area (Å²) < 4.78 is 5.45. The maximum Gasteiger partial charge on any atom is 0.270 e. The highest BCUT2D eigenvalue weighted by Crippen LogP contribution is 2.33. The molecule has 1 N–H and O–H groups in total. The number of nitrogens with one attached hydrogen (secondary N) is 1. The van der Waals surface area contributed by atoms with Crippen LogP contribution in [0.2, 0.25) is 0 Å². The van der Waals surface area contributed by atoms with Gasteiger partial charge in [-0.05, 0) is 37.1 Å². The van der Waals surface area contributed by atoms with Crippen LogP contribution in [0.5, 0.6) is 5.75 Å². The number of methoxy groups -OCH3 is 1. The third kappa shape index (κ3) is 3.38. The second-order valence-corrected chi connectivity index (χ2v) is 5.93. The molecule has 0 saturated carbocycles. The fraction of sp³-hybridized carbons (Fsp3) is 0.211. The maximum absolute atomic E-state index is 11.1. The molecule has 1 aromatic heterocycles. The van der Waals surface area contributed by atoms with E-state index in [0.717, 1.165) is 40.1 Å². The first kappa shape index (κ1) is 16.7.